The average Bonchev–Trinajstić information content (AvgIpc) is 2.60. The first-order valence-electron chi connectivity index (χ1n) is 8.91. The maximum atomic E-state index is 12.3. The van der Waals surface area contributed by atoms with Gasteiger partial charge >= 0.3 is 0 Å². The van der Waals surface area contributed by atoms with Gasteiger partial charge in [0.2, 0.25) is 5.91 Å². The molecule has 126 valence electrons. The number of hydrogen-bond acceptors (Lipinski definition) is 2. The van der Waals surface area contributed by atoms with Crippen molar-refractivity contribution < 1.29 is 4.79 Å². The van der Waals surface area contributed by atoms with Crippen LogP contribution in [0.1, 0.15) is 54.5 Å². The lowest BCUT2D eigenvalue weighted by molar-refractivity contribution is -0.121. The second kappa shape index (κ2) is 7.52. The number of aryl methyl sites for hydroxylation is 3. The van der Waals surface area contributed by atoms with Gasteiger partial charge in [-0.15, -0.1) is 0 Å². The lowest BCUT2D eigenvalue weighted by atomic mass is 9.87. The van der Waals surface area contributed by atoms with Crippen molar-refractivity contribution in [2.75, 3.05) is 5.73 Å². The van der Waals surface area contributed by atoms with Gasteiger partial charge in [-0.05, 0) is 66.5 Å². The SMILES string of the molecule is CCc1ccc(CCC(=O)NC2CCCc3cc(N)ccc32)cc1. The van der Waals surface area contributed by atoms with Gasteiger partial charge in [0, 0.05) is 12.1 Å². The van der Waals surface area contributed by atoms with E-state index in [1.807, 2.05) is 12.1 Å². The molecule has 0 fully saturated rings. The highest BCUT2D eigenvalue weighted by Crippen LogP contribution is 2.31. The molecular weight excluding hydrogens is 296 g/mol. The van der Waals surface area contributed by atoms with Crippen molar-refractivity contribution in [3.05, 3.63) is 64.7 Å². The molecule has 1 atom stereocenters. The Morgan fingerprint density at radius 3 is 2.67 bits per heavy atom. The number of carbonyl (C=O) groups is 1. The van der Waals surface area contributed by atoms with E-state index in [0.29, 0.717) is 6.42 Å². The Kier molecular flexibility index (Phi) is 5.19. The van der Waals surface area contributed by atoms with Crippen LogP contribution in [0.5, 0.6) is 0 Å². The van der Waals surface area contributed by atoms with E-state index >= 15 is 0 Å². The van der Waals surface area contributed by atoms with Crippen LogP contribution in [0.4, 0.5) is 5.69 Å². The summed E-state index contributed by atoms with van der Waals surface area (Å²) in [6, 6.07) is 14.7. The fraction of sp³-hybridized carbons (Fsp3) is 0.381. The molecule has 2 aromatic rings. The molecule has 0 spiro atoms. The van der Waals surface area contributed by atoms with Gasteiger partial charge in [0.15, 0.2) is 0 Å². The highest BCUT2D eigenvalue weighted by Gasteiger charge is 2.21. The first-order valence-corrected chi connectivity index (χ1v) is 8.91. The lowest BCUT2D eigenvalue weighted by Crippen LogP contribution is -2.31. The standard InChI is InChI=1S/C21H26N2O/c1-2-15-6-8-16(9-7-15)10-13-21(24)23-20-5-3-4-17-14-18(22)11-12-19(17)20/h6-9,11-12,14,20H,2-5,10,13,22H2,1H3,(H,23,24). The number of nitrogen functional groups attached to an aromatic ring is 1. The van der Waals surface area contributed by atoms with Crippen LogP contribution < -0.4 is 11.1 Å². The summed E-state index contributed by atoms with van der Waals surface area (Å²) in [5.41, 5.74) is 11.7. The number of fused-ring (bicyclic) bond motifs is 1. The second-order valence-electron chi connectivity index (χ2n) is 6.64. The van der Waals surface area contributed by atoms with Crippen LogP contribution in [-0.4, -0.2) is 5.91 Å². The number of hydrogen-bond donors (Lipinski definition) is 2. The highest BCUT2D eigenvalue weighted by atomic mass is 16.1. The van der Waals surface area contributed by atoms with Crippen molar-refractivity contribution >= 4 is 11.6 Å². The zero-order valence-corrected chi connectivity index (χ0v) is 14.3. The fourth-order valence-electron chi connectivity index (χ4n) is 3.45. The Labute approximate surface area is 144 Å². The molecule has 24 heavy (non-hydrogen) atoms. The van der Waals surface area contributed by atoms with Crippen LogP contribution in [0.3, 0.4) is 0 Å². The van der Waals surface area contributed by atoms with Gasteiger partial charge in [-0.25, -0.2) is 0 Å². The molecular formula is C21H26N2O. The van der Waals surface area contributed by atoms with Gasteiger partial charge in [0.25, 0.3) is 0 Å². The van der Waals surface area contributed by atoms with Crippen LogP contribution >= 0.6 is 0 Å². The largest absolute Gasteiger partial charge is 0.399 e. The van der Waals surface area contributed by atoms with E-state index in [1.165, 1.54) is 22.3 Å². The summed E-state index contributed by atoms with van der Waals surface area (Å²) in [5.74, 6) is 0.129. The molecule has 3 rings (SSSR count). The summed E-state index contributed by atoms with van der Waals surface area (Å²) in [5, 5.41) is 3.21. The van der Waals surface area contributed by atoms with Crippen molar-refractivity contribution in [2.45, 2.75) is 51.5 Å². The Hall–Kier alpha value is -2.29. The van der Waals surface area contributed by atoms with E-state index in [4.69, 9.17) is 5.73 Å². The molecule has 3 N–H and O–H groups in total. The van der Waals surface area contributed by atoms with Crippen LogP contribution in [0.2, 0.25) is 0 Å². The molecule has 1 unspecified atom stereocenters. The Morgan fingerprint density at radius 1 is 1.17 bits per heavy atom. The zero-order valence-electron chi connectivity index (χ0n) is 14.3. The van der Waals surface area contributed by atoms with Gasteiger partial charge in [-0.1, -0.05) is 37.3 Å². The number of nitrogens with two attached hydrogens (primary N) is 1. The average molecular weight is 322 g/mol. The van der Waals surface area contributed by atoms with Crippen LogP contribution in [0.25, 0.3) is 0 Å². The predicted molar refractivity (Wildman–Crippen MR) is 98.8 cm³/mol. The van der Waals surface area contributed by atoms with E-state index in [2.05, 4.69) is 42.6 Å². The summed E-state index contributed by atoms with van der Waals surface area (Å²) < 4.78 is 0. The molecule has 1 amide bonds. The van der Waals surface area contributed by atoms with E-state index in [1.54, 1.807) is 0 Å². The van der Waals surface area contributed by atoms with Gasteiger partial charge < -0.3 is 11.1 Å². The molecule has 1 aliphatic carbocycles. The topological polar surface area (TPSA) is 55.1 Å². The third kappa shape index (κ3) is 3.97. The van der Waals surface area contributed by atoms with E-state index in [-0.39, 0.29) is 11.9 Å². The Balaban J connectivity index is 1.57. The molecule has 3 nitrogen and oxygen atoms in total. The Bertz CT molecular complexity index is 706. The zero-order chi connectivity index (χ0) is 16.9. The predicted octanol–water partition coefficient (Wildman–Crippen LogP) is 3.96. The van der Waals surface area contributed by atoms with E-state index in [0.717, 1.165) is 37.8 Å². The van der Waals surface area contributed by atoms with Crippen molar-refractivity contribution in [3.8, 4) is 0 Å². The normalized spacial score (nSPS) is 16.5. The van der Waals surface area contributed by atoms with Crippen LogP contribution in [0, 0.1) is 0 Å². The van der Waals surface area contributed by atoms with Crippen molar-refractivity contribution in [3.63, 3.8) is 0 Å². The highest BCUT2D eigenvalue weighted by molar-refractivity contribution is 5.77. The van der Waals surface area contributed by atoms with E-state index < -0.39 is 0 Å². The summed E-state index contributed by atoms with van der Waals surface area (Å²) in [7, 11) is 0. The first-order chi connectivity index (χ1) is 11.7. The van der Waals surface area contributed by atoms with E-state index in [9.17, 15) is 4.79 Å². The third-order valence-electron chi connectivity index (χ3n) is 4.89. The quantitative estimate of drug-likeness (QED) is 0.819. The lowest BCUT2D eigenvalue weighted by Gasteiger charge is -2.26. The maximum Gasteiger partial charge on any atom is 0.220 e. The van der Waals surface area contributed by atoms with Crippen LogP contribution in [-0.2, 0) is 24.1 Å². The number of anilines is 1. The summed E-state index contributed by atoms with van der Waals surface area (Å²) in [6.45, 7) is 2.15. The van der Waals surface area contributed by atoms with Gasteiger partial charge in [0.05, 0.1) is 6.04 Å². The molecule has 0 bridgehead atoms. The Morgan fingerprint density at radius 2 is 1.92 bits per heavy atom. The van der Waals surface area contributed by atoms with Crippen molar-refractivity contribution in [1.29, 1.82) is 0 Å². The minimum Gasteiger partial charge on any atom is -0.399 e. The molecule has 1 aliphatic rings. The van der Waals surface area contributed by atoms with Gasteiger partial charge in [0.1, 0.15) is 0 Å². The minimum atomic E-state index is 0.129. The fourth-order valence-corrected chi connectivity index (χ4v) is 3.45. The molecule has 0 aliphatic heterocycles. The van der Waals surface area contributed by atoms with Crippen molar-refractivity contribution in [2.24, 2.45) is 0 Å². The number of rotatable bonds is 5. The summed E-state index contributed by atoms with van der Waals surface area (Å²) in [6.07, 6.45) is 5.53. The molecule has 0 radical (unpaired) electrons. The maximum absolute atomic E-state index is 12.3. The molecule has 3 heteroatoms. The van der Waals surface area contributed by atoms with Crippen LogP contribution in [0.15, 0.2) is 42.5 Å². The molecule has 2 aromatic carbocycles. The molecule has 0 heterocycles. The smallest absolute Gasteiger partial charge is 0.220 e. The van der Waals surface area contributed by atoms with Gasteiger partial charge in [-0.3, -0.25) is 4.79 Å². The molecule has 0 aromatic heterocycles. The number of benzene rings is 2. The third-order valence-corrected chi connectivity index (χ3v) is 4.89. The number of carbonyl (C=O) groups excluding carboxylic acids is 1. The minimum absolute atomic E-state index is 0.129. The first kappa shape index (κ1) is 16.6. The number of amides is 1. The summed E-state index contributed by atoms with van der Waals surface area (Å²) >= 11 is 0. The van der Waals surface area contributed by atoms with Crippen molar-refractivity contribution in [1.82, 2.24) is 5.32 Å². The molecule has 0 saturated carbocycles. The monoisotopic (exact) mass is 322 g/mol. The second-order valence-corrected chi connectivity index (χ2v) is 6.64. The summed E-state index contributed by atoms with van der Waals surface area (Å²) in [4.78, 5) is 12.3. The molecule has 0 saturated heterocycles. The number of nitrogens with one attached hydrogen (secondary N) is 1. The van der Waals surface area contributed by atoms with Gasteiger partial charge in [-0.2, -0.15) is 0 Å².